The first kappa shape index (κ1) is 20.5. The zero-order valence-electron chi connectivity index (χ0n) is 17.7. The number of benzene rings is 2. The number of carbonyl (C=O) groups excluding carboxylic acids is 2. The molecule has 1 aliphatic rings. The molecule has 150 valence electrons. The van der Waals surface area contributed by atoms with Crippen molar-refractivity contribution < 1.29 is 9.59 Å². The average Bonchev–Trinajstić information content (AvgIpc) is 3.25. The first-order valence-corrected chi connectivity index (χ1v) is 9.80. The van der Waals surface area contributed by atoms with Crippen LogP contribution in [0.25, 0.3) is 22.1 Å². The van der Waals surface area contributed by atoms with E-state index in [1.807, 2.05) is 83.1 Å². The van der Waals surface area contributed by atoms with Crippen LogP contribution in [0.15, 0.2) is 48.5 Å². The lowest BCUT2D eigenvalue weighted by Gasteiger charge is -2.33. The van der Waals surface area contributed by atoms with Crippen molar-refractivity contribution in [2.75, 3.05) is 0 Å². The fraction of sp³-hybridized carbons (Fsp3) is 0.304. The molecule has 0 N–H and O–H groups in total. The number of hydrogen-bond acceptors (Lipinski definition) is 4. The van der Waals surface area contributed by atoms with Crippen molar-refractivity contribution in [2.24, 2.45) is 0 Å². The van der Waals surface area contributed by atoms with E-state index in [1.54, 1.807) is 16.1 Å². The first-order valence-electron chi connectivity index (χ1n) is 9.80. The summed E-state index contributed by atoms with van der Waals surface area (Å²) in [4.78, 5) is 31.8. The second-order valence-electron chi connectivity index (χ2n) is 7.19. The number of imidazole rings is 2. The Kier molecular flexibility index (Phi) is 5.38. The highest BCUT2D eigenvalue weighted by Crippen LogP contribution is 2.37. The smallest absolute Gasteiger partial charge is 0.245 e. The minimum atomic E-state index is -0.404. The maximum atomic E-state index is 11.8. The number of rotatable bonds is 0. The molecule has 6 heteroatoms. The second-order valence-corrected chi connectivity index (χ2v) is 7.19. The quantitative estimate of drug-likeness (QED) is 0.424. The van der Waals surface area contributed by atoms with Crippen molar-refractivity contribution >= 4 is 33.9 Å². The van der Waals surface area contributed by atoms with Crippen molar-refractivity contribution in [3.05, 3.63) is 60.2 Å². The van der Waals surface area contributed by atoms with Gasteiger partial charge in [-0.2, -0.15) is 0 Å². The Morgan fingerprint density at radius 1 is 0.897 bits per heavy atom. The van der Waals surface area contributed by atoms with Gasteiger partial charge in [0.25, 0.3) is 0 Å². The topological polar surface area (TPSA) is 69.8 Å². The highest BCUT2D eigenvalue weighted by atomic mass is 16.2. The molecule has 2 aromatic heterocycles. The van der Waals surface area contributed by atoms with E-state index in [1.165, 1.54) is 0 Å². The number of fused-ring (bicyclic) bond motifs is 4. The molecule has 0 bridgehead atoms. The summed E-state index contributed by atoms with van der Waals surface area (Å²) in [6.07, 6.45) is 0. The summed E-state index contributed by atoms with van der Waals surface area (Å²) in [6, 6.07) is 15.4. The molecule has 0 unspecified atom stereocenters. The molecule has 0 amide bonds. The lowest BCUT2D eigenvalue weighted by molar-refractivity contribution is 0.0731. The first-order chi connectivity index (χ1) is 13.8. The molecule has 6 nitrogen and oxygen atoms in total. The van der Waals surface area contributed by atoms with Crippen LogP contribution in [-0.2, 0) is 5.41 Å². The third kappa shape index (κ3) is 3.24. The Balaban J connectivity index is 0.000000153. The van der Waals surface area contributed by atoms with Gasteiger partial charge < -0.3 is 0 Å². The molecule has 29 heavy (non-hydrogen) atoms. The molecule has 0 saturated carbocycles. The fourth-order valence-corrected chi connectivity index (χ4v) is 3.52. The van der Waals surface area contributed by atoms with Crippen LogP contribution in [0.4, 0.5) is 0 Å². The van der Waals surface area contributed by atoms with Gasteiger partial charge in [-0.15, -0.1) is 0 Å². The Labute approximate surface area is 170 Å². The Morgan fingerprint density at radius 3 is 2.00 bits per heavy atom. The monoisotopic (exact) mass is 390 g/mol. The summed E-state index contributed by atoms with van der Waals surface area (Å²) < 4.78 is 3.32. The van der Waals surface area contributed by atoms with Crippen molar-refractivity contribution in [1.29, 1.82) is 0 Å². The van der Waals surface area contributed by atoms with Gasteiger partial charge in [0.15, 0.2) is 0 Å². The van der Waals surface area contributed by atoms with Crippen LogP contribution in [0.2, 0.25) is 0 Å². The molecular formula is C23H26N4O2. The average molecular weight is 390 g/mol. The van der Waals surface area contributed by atoms with Crippen molar-refractivity contribution in [2.45, 2.75) is 47.0 Å². The number of aromatic nitrogens is 4. The van der Waals surface area contributed by atoms with Gasteiger partial charge in [0.1, 0.15) is 17.1 Å². The standard InChI is InChI=1S/C11H10N2O.C10H10N2O.C2H6/c1-11(2)9-12-7-5-3-4-6-8(7)13(9)10(11)14;1-7-11-9-5-3-4-6-10(9)12(7)8(2)13;1-2/h3-6H,1-2H3;3-6H,1-2H3;1-2H3. The number of nitrogens with zero attached hydrogens (tertiary/aromatic N) is 4. The Hall–Kier alpha value is -3.28. The SMILES string of the molecule is CC.CC(=O)n1c(C)nc2ccccc21.CC1(C)C(=O)n2c1nc1ccccc12. The molecule has 0 saturated heterocycles. The summed E-state index contributed by atoms with van der Waals surface area (Å²) in [5, 5.41) is 0. The van der Waals surface area contributed by atoms with Crippen LogP contribution < -0.4 is 0 Å². The highest BCUT2D eigenvalue weighted by Gasteiger charge is 2.47. The van der Waals surface area contributed by atoms with E-state index in [0.717, 1.165) is 33.7 Å². The molecule has 5 rings (SSSR count). The van der Waals surface area contributed by atoms with Crippen molar-refractivity contribution in [3.8, 4) is 0 Å². The Morgan fingerprint density at radius 2 is 1.41 bits per heavy atom. The molecule has 0 atom stereocenters. The zero-order chi connectivity index (χ0) is 21.3. The predicted molar refractivity (Wildman–Crippen MR) is 116 cm³/mol. The summed E-state index contributed by atoms with van der Waals surface area (Å²) in [5.41, 5.74) is 3.18. The van der Waals surface area contributed by atoms with E-state index in [4.69, 9.17) is 0 Å². The largest absolute Gasteiger partial charge is 0.274 e. The number of hydrogen-bond donors (Lipinski definition) is 0. The molecule has 0 aliphatic carbocycles. The molecule has 3 heterocycles. The van der Waals surface area contributed by atoms with Gasteiger partial charge in [0.05, 0.1) is 22.1 Å². The zero-order valence-corrected chi connectivity index (χ0v) is 17.7. The van der Waals surface area contributed by atoms with Gasteiger partial charge in [0, 0.05) is 6.92 Å². The lowest BCUT2D eigenvalue weighted by atomic mass is 9.85. The van der Waals surface area contributed by atoms with Crippen LogP contribution >= 0.6 is 0 Å². The third-order valence-corrected chi connectivity index (χ3v) is 4.90. The maximum Gasteiger partial charge on any atom is 0.245 e. The number of carbonyl (C=O) groups is 2. The van der Waals surface area contributed by atoms with E-state index in [9.17, 15) is 9.59 Å². The van der Waals surface area contributed by atoms with E-state index in [2.05, 4.69) is 9.97 Å². The second kappa shape index (κ2) is 7.62. The maximum absolute atomic E-state index is 11.8. The van der Waals surface area contributed by atoms with E-state index >= 15 is 0 Å². The van der Waals surface area contributed by atoms with E-state index in [-0.39, 0.29) is 11.8 Å². The normalized spacial score (nSPS) is 13.7. The highest BCUT2D eigenvalue weighted by molar-refractivity contribution is 6.03. The van der Waals surface area contributed by atoms with Gasteiger partial charge >= 0.3 is 0 Å². The van der Waals surface area contributed by atoms with Crippen molar-refractivity contribution in [1.82, 2.24) is 19.1 Å². The van der Waals surface area contributed by atoms with E-state index in [0.29, 0.717) is 0 Å². The summed E-state index contributed by atoms with van der Waals surface area (Å²) in [7, 11) is 0. The molecule has 0 spiro atoms. The van der Waals surface area contributed by atoms with Crippen LogP contribution in [0.3, 0.4) is 0 Å². The molecule has 1 aliphatic heterocycles. The summed E-state index contributed by atoms with van der Waals surface area (Å²) in [5.74, 6) is 1.77. The van der Waals surface area contributed by atoms with E-state index < -0.39 is 5.41 Å². The van der Waals surface area contributed by atoms with Gasteiger partial charge in [-0.3, -0.25) is 18.7 Å². The van der Waals surface area contributed by atoms with Crippen molar-refractivity contribution in [3.63, 3.8) is 0 Å². The van der Waals surface area contributed by atoms with Gasteiger partial charge in [0.2, 0.25) is 11.8 Å². The molecular weight excluding hydrogens is 364 g/mol. The number of para-hydroxylation sites is 4. The third-order valence-electron chi connectivity index (χ3n) is 4.90. The van der Waals surface area contributed by atoms with Crippen LogP contribution in [-0.4, -0.2) is 30.9 Å². The van der Waals surface area contributed by atoms with Crippen LogP contribution in [0, 0.1) is 6.92 Å². The molecule has 2 aromatic carbocycles. The molecule has 4 aromatic rings. The van der Waals surface area contributed by atoms with Gasteiger partial charge in [-0.25, -0.2) is 9.97 Å². The fourth-order valence-electron chi connectivity index (χ4n) is 3.52. The minimum absolute atomic E-state index is 0.00574. The minimum Gasteiger partial charge on any atom is -0.274 e. The predicted octanol–water partition coefficient (Wildman–Crippen LogP) is 5.00. The molecule has 0 radical (unpaired) electrons. The van der Waals surface area contributed by atoms with Crippen LogP contribution in [0.5, 0.6) is 0 Å². The lowest BCUT2D eigenvalue weighted by Crippen LogP contribution is -2.47. The Bertz CT molecular complexity index is 1210. The molecule has 0 fully saturated rings. The van der Waals surface area contributed by atoms with Gasteiger partial charge in [-0.05, 0) is 45.0 Å². The summed E-state index contributed by atoms with van der Waals surface area (Å²) >= 11 is 0. The summed E-state index contributed by atoms with van der Waals surface area (Å²) in [6.45, 7) is 11.2. The van der Waals surface area contributed by atoms with Crippen LogP contribution in [0.1, 0.15) is 55.9 Å². The number of aryl methyl sites for hydroxylation is 1. The van der Waals surface area contributed by atoms with Gasteiger partial charge in [-0.1, -0.05) is 38.1 Å².